The Morgan fingerprint density at radius 1 is 1.21 bits per heavy atom. The molecule has 0 aliphatic carbocycles. The standard InChI is InChI=1S/C29H28Cl2F2N4O2/c1-6-11-34-24(20-8-7-9-21(27(20)33)28(38)36(4)5)10-12-37-18(3)14-22(26(31)29(37)39)17(2)13-25-23(32)15-19(30)16-35-25/h6-12,14-17H,13H2,1-5H3/b11-6+,12-10+,34-24-. The molecular formula is C29H28Cl2F2N4O2. The Labute approximate surface area is 235 Å². The number of carbonyl (C=O) groups is 1. The lowest BCUT2D eigenvalue weighted by Gasteiger charge is -2.16. The second-order valence-electron chi connectivity index (χ2n) is 9.10. The van der Waals surface area contributed by atoms with Crippen molar-refractivity contribution in [1.29, 1.82) is 0 Å². The third-order valence-electron chi connectivity index (χ3n) is 5.97. The van der Waals surface area contributed by atoms with Gasteiger partial charge in [-0.05, 0) is 62.1 Å². The fourth-order valence-electron chi connectivity index (χ4n) is 3.92. The molecular weight excluding hydrogens is 545 g/mol. The Kier molecular flexibility index (Phi) is 9.94. The molecule has 0 fully saturated rings. The molecule has 2 aromatic heterocycles. The SMILES string of the molecule is C/C=C/N=C(/C=C/n1c(C)cc(C(C)Cc2ncc(Cl)cc2F)c(Cl)c1=O)c1cccc(C(=O)N(C)C)c1F. The number of hydrogen-bond acceptors (Lipinski definition) is 4. The number of pyridine rings is 2. The van der Waals surface area contributed by atoms with Crippen molar-refractivity contribution >= 4 is 41.0 Å². The van der Waals surface area contributed by atoms with Crippen LogP contribution in [0.25, 0.3) is 6.20 Å². The molecule has 1 unspecified atom stereocenters. The van der Waals surface area contributed by atoms with Gasteiger partial charge in [0.25, 0.3) is 11.5 Å². The van der Waals surface area contributed by atoms with Crippen LogP contribution in [-0.4, -0.2) is 40.2 Å². The quantitative estimate of drug-likeness (QED) is 0.283. The van der Waals surface area contributed by atoms with E-state index < -0.39 is 23.1 Å². The third-order valence-corrected chi connectivity index (χ3v) is 6.56. The molecule has 6 nitrogen and oxygen atoms in total. The van der Waals surface area contributed by atoms with Crippen LogP contribution in [0.5, 0.6) is 0 Å². The van der Waals surface area contributed by atoms with Crippen molar-refractivity contribution in [3.63, 3.8) is 0 Å². The predicted octanol–water partition coefficient (Wildman–Crippen LogP) is 6.68. The van der Waals surface area contributed by atoms with Crippen molar-refractivity contribution in [1.82, 2.24) is 14.5 Å². The summed E-state index contributed by atoms with van der Waals surface area (Å²) < 4.78 is 31.0. The lowest BCUT2D eigenvalue weighted by molar-refractivity contribution is 0.0823. The van der Waals surface area contributed by atoms with Crippen LogP contribution in [0, 0.1) is 18.6 Å². The molecule has 0 spiro atoms. The molecule has 0 radical (unpaired) electrons. The average molecular weight is 573 g/mol. The van der Waals surface area contributed by atoms with E-state index in [1.165, 1.54) is 66.4 Å². The molecule has 1 atom stereocenters. The van der Waals surface area contributed by atoms with Gasteiger partial charge in [-0.2, -0.15) is 0 Å². The number of benzene rings is 1. The van der Waals surface area contributed by atoms with E-state index in [1.54, 1.807) is 32.1 Å². The Balaban J connectivity index is 2.00. The van der Waals surface area contributed by atoms with Crippen molar-refractivity contribution in [3.05, 3.63) is 115 Å². The highest BCUT2D eigenvalue weighted by atomic mass is 35.5. The van der Waals surface area contributed by atoms with Crippen LogP contribution in [0.15, 0.2) is 64.7 Å². The Morgan fingerprint density at radius 3 is 2.54 bits per heavy atom. The van der Waals surface area contributed by atoms with E-state index in [0.717, 1.165) is 0 Å². The minimum absolute atomic E-state index is 0.0242. The zero-order chi connectivity index (χ0) is 28.9. The molecule has 1 aromatic carbocycles. The van der Waals surface area contributed by atoms with Crippen LogP contribution < -0.4 is 5.56 Å². The molecule has 204 valence electrons. The number of aryl methyl sites for hydroxylation is 1. The minimum Gasteiger partial charge on any atom is -0.345 e. The molecule has 0 saturated carbocycles. The summed E-state index contributed by atoms with van der Waals surface area (Å²) in [6, 6.07) is 7.40. The van der Waals surface area contributed by atoms with Crippen LogP contribution in [0.3, 0.4) is 0 Å². The van der Waals surface area contributed by atoms with Crippen LogP contribution >= 0.6 is 23.2 Å². The number of amides is 1. The summed E-state index contributed by atoms with van der Waals surface area (Å²) in [5, 5.41) is 0.171. The van der Waals surface area contributed by atoms with Crippen molar-refractivity contribution in [3.8, 4) is 0 Å². The topological polar surface area (TPSA) is 67.6 Å². The Bertz CT molecular complexity index is 1540. The highest BCUT2D eigenvalue weighted by molar-refractivity contribution is 6.31. The number of hydrogen-bond donors (Lipinski definition) is 0. The number of carbonyl (C=O) groups excluding carboxylic acids is 1. The van der Waals surface area contributed by atoms with Crippen LogP contribution in [0.2, 0.25) is 10.0 Å². The molecule has 39 heavy (non-hydrogen) atoms. The van der Waals surface area contributed by atoms with Gasteiger partial charge in [0.2, 0.25) is 0 Å². The first-order chi connectivity index (χ1) is 18.5. The lowest BCUT2D eigenvalue weighted by Crippen LogP contribution is -2.23. The monoisotopic (exact) mass is 572 g/mol. The van der Waals surface area contributed by atoms with Gasteiger partial charge >= 0.3 is 0 Å². The van der Waals surface area contributed by atoms with Crippen molar-refractivity contribution in [2.45, 2.75) is 33.1 Å². The van der Waals surface area contributed by atoms with E-state index in [4.69, 9.17) is 23.2 Å². The number of allylic oxidation sites excluding steroid dienone is 2. The van der Waals surface area contributed by atoms with Gasteiger partial charge in [-0.1, -0.05) is 42.3 Å². The van der Waals surface area contributed by atoms with Gasteiger partial charge in [0.1, 0.15) is 16.7 Å². The van der Waals surface area contributed by atoms with Crippen LogP contribution in [0.4, 0.5) is 8.78 Å². The normalized spacial score (nSPS) is 12.9. The fourth-order valence-corrected chi connectivity index (χ4v) is 4.40. The maximum absolute atomic E-state index is 15.4. The second-order valence-corrected chi connectivity index (χ2v) is 9.91. The summed E-state index contributed by atoms with van der Waals surface area (Å²) in [6.45, 7) is 5.30. The summed E-state index contributed by atoms with van der Waals surface area (Å²) in [4.78, 5) is 35.3. The van der Waals surface area contributed by atoms with E-state index in [9.17, 15) is 14.0 Å². The smallest absolute Gasteiger partial charge is 0.273 e. The van der Waals surface area contributed by atoms with E-state index in [1.807, 2.05) is 6.92 Å². The van der Waals surface area contributed by atoms with Gasteiger partial charge in [0.05, 0.1) is 22.0 Å². The maximum Gasteiger partial charge on any atom is 0.273 e. The molecule has 0 saturated heterocycles. The summed E-state index contributed by atoms with van der Waals surface area (Å²) in [5.74, 6) is -2.06. The highest BCUT2D eigenvalue weighted by Crippen LogP contribution is 2.27. The van der Waals surface area contributed by atoms with Gasteiger partial charge < -0.3 is 4.90 Å². The molecule has 10 heteroatoms. The first kappa shape index (κ1) is 29.9. The first-order valence-corrected chi connectivity index (χ1v) is 12.8. The summed E-state index contributed by atoms with van der Waals surface area (Å²) in [7, 11) is 3.07. The summed E-state index contributed by atoms with van der Waals surface area (Å²) in [6.07, 6.45) is 7.65. The van der Waals surface area contributed by atoms with Gasteiger partial charge in [-0.15, -0.1) is 0 Å². The number of rotatable bonds is 8. The van der Waals surface area contributed by atoms with E-state index in [0.29, 0.717) is 11.3 Å². The molecule has 0 bridgehead atoms. The molecule has 0 aliphatic rings. The van der Waals surface area contributed by atoms with Gasteiger partial charge in [-0.3, -0.25) is 24.1 Å². The largest absolute Gasteiger partial charge is 0.345 e. The number of aromatic nitrogens is 2. The minimum atomic E-state index is -0.724. The average Bonchev–Trinajstić information content (AvgIpc) is 2.89. The lowest BCUT2D eigenvalue weighted by atomic mass is 9.95. The summed E-state index contributed by atoms with van der Waals surface area (Å²) >= 11 is 12.3. The molecule has 0 N–H and O–H groups in total. The second kappa shape index (κ2) is 13.0. The zero-order valence-electron chi connectivity index (χ0n) is 22.2. The number of aliphatic imine (C=N–C) groups is 1. The van der Waals surface area contributed by atoms with Crippen molar-refractivity contribution in [2.24, 2.45) is 4.99 Å². The van der Waals surface area contributed by atoms with E-state index >= 15 is 4.39 Å². The molecule has 1 amide bonds. The van der Waals surface area contributed by atoms with Gasteiger partial charge in [-0.25, -0.2) is 8.78 Å². The van der Waals surface area contributed by atoms with E-state index in [2.05, 4.69) is 9.98 Å². The number of halogens is 4. The van der Waals surface area contributed by atoms with E-state index in [-0.39, 0.29) is 44.9 Å². The molecule has 0 aliphatic heterocycles. The van der Waals surface area contributed by atoms with Crippen LogP contribution in [0.1, 0.15) is 52.6 Å². The molecule has 3 aromatic rings. The molecule has 3 rings (SSSR count). The van der Waals surface area contributed by atoms with Crippen molar-refractivity contribution < 1.29 is 13.6 Å². The highest BCUT2D eigenvalue weighted by Gasteiger charge is 2.20. The first-order valence-electron chi connectivity index (χ1n) is 12.0. The Hall–Kier alpha value is -3.62. The number of nitrogens with zero attached hydrogens (tertiary/aromatic N) is 4. The molecule has 2 heterocycles. The zero-order valence-corrected chi connectivity index (χ0v) is 23.7. The van der Waals surface area contributed by atoms with Crippen molar-refractivity contribution in [2.75, 3.05) is 14.1 Å². The predicted molar refractivity (Wildman–Crippen MR) is 153 cm³/mol. The fraction of sp³-hybridized carbons (Fsp3) is 0.241. The van der Waals surface area contributed by atoms with Gasteiger partial charge in [0, 0.05) is 43.9 Å². The summed E-state index contributed by atoms with van der Waals surface area (Å²) in [5.41, 5.74) is 1.01. The van der Waals surface area contributed by atoms with Crippen LogP contribution in [-0.2, 0) is 6.42 Å². The van der Waals surface area contributed by atoms with Gasteiger partial charge in [0.15, 0.2) is 0 Å². The Morgan fingerprint density at radius 2 is 1.90 bits per heavy atom. The maximum atomic E-state index is 15.4. The third kappa shape index (κ3) is 6.88.